The normalized spacial score (nSPS) is 18.0. The van der Waals surface area contributed by atoms with Crippen LogP contribution < -0.4 is 0 Å². The number of nitrogens with one attached hydrogen (secondary N) is 1. The Morgan fingerprint density at radius 2 is 1.39 bits per heavy atom. The summed E-state index contributed by atoms with van der Waals surface area (Å²) in [6.07, 6.45) is 4.68. The third-order valence-electron chi connectivity index (χ3n) is 5.53. The standard InChI is InChI=1S/C26H21NO/c28-26(17-9-15-20-12-7-8-16-23(20)26)24-18-22(19-10-3-1-4-11-19)25(27-24)21-13-5-2-6-14-21/h1-16,18,27-28H,17H2. The van der Waals surface area contributed by atoms with Gasteiger partial charge in [-0.05, 0) is 28.3 Å². The Bertz CT molecular complexity index is 1080. The van der Waals surface area contributed by atoms with Gasteiger partial charge in [-0.2, -0.15) is 0 Å². The van der Waals surface area contributed by atoms with E-state index in [1.165, 1.54) is 0 Å². The van der Waals surface area contributed by atoms with E-state index in [2.05, 4.69) is 47.5 Å². The van der Waals surface area contributed by atoms with Crippen molar-refractivity contribution in [2.45, 2.75) is 12.0 Å². The molecule has 0 bridgehead atoms. The van der Waals surface area contributed by atoms with Crippen molar-refractivity contribution < 1.29 is 5.11 Å². The van der Waals surface area contributed by atoms with E-state index in [1.807, 2.05) is 60.7 Å². The molecule has 0 spiro atoms. The summed E-state index contributed by atoms with van der Waals surface area (Å²) in [6, 6.07) is 30.8. The van der Waals surface area contributed by atoms with Crippen molar-refractivity contribution in [1.82, 2.24) is 4.98 Å². The van der Waals surface area contributed by atoms with E-state index in [4.69, 9.17) is 0 Å². The second-order valence-corrected chi connectivity index (χ2v) is 7.26. The lowest BCUT2D eigenvalue weighted by atomic mass is 9.80. The van der Waals surface area contributed by atoms with E-state index in [1.54, 1.807) is 0 Å². The Balaban J connectivity index is 1.72. The molecule has 28 heavy (non-hydrogen) atoms. The highest BCUT2D eigenvalue weighted by Crippen LogP contribution is 2.42. The largest absolute Gasteiger partial charge is 0.379 e. The fourth-order valence-electron chi connectivity index (χ4n) is 4.10. The quantitative estimate of drug-likeness (QED) is 0.460. The summed E-state index contributed by atoms with van der Waals surface area (Å²) in [5, 5.41) is 11.7. The Morgan fingerprint density at radius 1 is 0.750 bits per heavy atom. The Labute approximate surface area is 164 Å². The molecule has 1 heterocycles. The van der Waals surface area contributed by atoms with Gasteiger partial charge in [-0.15, -0.1) is 0 Å². The monoisotopic (exact) mass is 363 g/mol. The molecule has 1 aliphatic carbocycles. The van der Waals surface area contributed by atoms with Crippen molar-refractivity contribution in [3.63, 3.8) is 0 Å². The first kappa shape index (κ1) is 16.8. The molecule has 1 aromatic heterocycles. The fourth-order valence-corrected chi connectivity index (χ4v) is 4.10. The maximum atomic E-state index is 11.7. The molecule has 0 amide bonds. The molecule has 2 nitrogen and oxygen atoms in total. The highest BCUT2D eigenvalue weighted by atomic mass is 16.3. The van der Waals surface area contributed by atoms with Crippen LogP contribution in [0.2, 0.25) is 0 Å². The number of hydrogen-bond donors (Lipinski definition) is 2. The second-order valence-electron chi connectivity index (χ2n) is 7.26. The van der Waals surface area contributed by atoms with Gasteiger partial charge in [0.1, 0.15) is 5.60 Å². The van der Waals surface area contributed by atoms with Gasteiger partial charge in [-0.1, -0.05) is 97.1 Å². The molecule has 5 rings (SSSR count). The molecule has 4 aromatic rings. The van der Waals surface area contributed by atoms with Crippen molar-refractivity contribution in [2.75, 3.05) is 0 Å². The minimum absolute atomic E-state index is 0.549. The third-order valence-corrected chi connectivity index (χ3v) is 5.53. The van der Waals surface area contributed by atoms with Crippen LogP contribution in [0.25, 0.3) is 28.5 Å². The van der Waals surface area contributed by atoms with Crippen LogP contribution in [0, 0.1) is 0 Å². The Kier molecular flexibility index (Phi) is 4.00. The smallest absolute Gasteiger partial charge is 0.133 e. The topological polar surface area (TPSA) is 36.0 Å². The number of aromatic nitrogens is 1. The minimum atomic E-state index is -1.07. The third kappa shape index (κ3) is 2.70. The fraction of sp³-hybridized carbons (Fsp3) is 0.0769. The number of aliphatic hydroxyl groups is 1. The molecule has 0 saturated heterocycles. The Hall–Kier alpha value is -3.36. The van der Waals surface area contributed by atoms with E-state index >= 15 is 0 Å². The maximum Gasteiger partial charge on any atom is 0.133 e. The number of hydrogen-bond acceptors (Lipinski definition) is 1. The summed E-state index contributed by atoms with van der Waals surface area (Å²) in [7, 11) is 0. The van der Waals surface area contributed by atoms with Gasteiger partial charge in [-0.3, -0.25) is 0 Å². The summed E-state index contributed by atoms with van der Waals surface area (Å²) in [4.78, 5) is 3.56. The molecule has 0 saturated carbocycles. The van der Waals surface area contributed by atoms with Gasteiger partial charge in [0.2, 0.25) is 0 Å². The molecule has 0 fully saturated rings. The van der Waals surface area contributed by atoms with E-state index in [-0.39, 0.29) is 0 Å². The zero-order valence-electron chi connectivity index (χ0n) is 15.5. The summed E-state index contributed by atoms with van der Waals surface area (Å²) in [5.41, 5.74) is 6.13. The lowest BCUT2D eigenvalue weighted by Crippen LogP contribution is -2.29. The van der Waals surface area contributed by atoms with E-state index in [0.29, 0.717) is 6.42 Å². The summed E-state index contributed by atoms with van der Waals surface area (Å²) in [5.74, 6) is 0. The first-order chi connectivity index (χ1) is 13.8. The van der Waals surface area contributed by atoms with Gasteiger partial charge in [0.05, 0.1) is 11.4 Å². The lowest BCUT2D eigenvalue weighted by molar-refractivity contribution is 0.0787. The van der Waals surface area contributed by atoms with Crippen molar-refractivity contribution in [1.29, 1.82) is 0 Å². The van der Waals surface area contributed by atoms with Crippen LogP contribution in [0.15, 0.2) is 97.1 Å². The van der Waals surface area contributed by atoms with Gasteiger partial charge in [-0.25, -0.2) is 0 Å². The van der Waals surface area contributed by atoms with Gasteiger partial charge in [0.15, 0.2) is 0 Å². The van der Waals surface area contributed by atoms with Crippen molar-refractivity contribution in [3.8, 4) is 22.4 Å². The van der Waals surface area contributed by atoms with Gasteiger partial charge in [0.25, 0.3) is 0 Å². The van der Waals surface area contributed by atoms with Crippen LogP contribution in [0.5, 0.6) is 0 Å². The van der Waals surface area contributed by atoms with E-state index in [9.17, 15) is 5.11 Å². The average molecular weight is 363 g/mol. The average Bonchev–Trinajstić information content (AvgIpc) is 3.22. The second kappa shape index (κ2) is 6.66. The zero-order chi connectivity index (χ0) is 19.0. The summed E-state index contributed by atoms with van der Waals surface area (Å²) in [6.45, 7) is 0. The van der Waals surface area contributed by atoms with Gasteiger partial charge >= 0.3 is 0 Å². The summed E-state index contributed by atoms with van der Waals surface area (Å²) < 4.78 is 0. The predicted octanol–water partition coefficient (Wildman–Crippen LogP) is 6.00. The van der Waals surface area contributed by atoms with E-state index < -0.39 is 5.60 Å². The van der Waals surface area contributed by atoms with Gasteiger partial charge < -0.3 is 10.1 Å². The molecule has 3 aromatic carbocycles. The molecule has 1 unspecified atom stereocenters. The number of benzene rings is 3. The molecule has 2 N–H and O–H groups in total. The first-order valence-corrected chi connectivity index (χ1v) is 9.58. The SMILES string of the molecule is OC1(c2cc(-c3ccccc3)c(-c3ccccc3)[nH]2)CC=Cc2ccccc21. The molecule has 0 aliphatic heterocycles. The first-order valence-electron chi connectivity index (χ1n) is 9.58. The van der Waals surface area contributed by atoms with Gasteiger partial charge in [0, 0.05) is 12.0 Å². The number of aromatic amines is 1. The van der Waals surface area contributed by atoms with Crippen molar-refractivity contribution in [2.24, 2.45) is 0 Å². The van der Waals surface area contributed by atoms with Crippen molar-refractivity contribution in [3.05, 3.63) is 114 Å². The molecule has 1 atom stereocenters. The molecular formula is C26H21NO. The van der Waals surface area contributed by atoms with Crippen molar-refractivity contribution >= 4 is 6.08 Å². The van der Waals surface area contributed by atoms with Crippen LogP contribution in [0.1, 0.15) is 23.2 Å². The number of rotatable bonds is 3. The molecule has 2 heteroatoms. The summed E-state index contributed by atoms with van der Waals surface area (Å²) >= 11 is 0. The maximum absolute atomic E-state index is 11.7. The number of H-pyrrole nitrogens is 1. The van der Waals surface area contributed by atoms with Crippen LogP contribution in [0.3, 0.4) is 0 Å². The Morgan fingerprint density at radius 3 is 2.14 bits per heavy atom. The lowest BCUT2D eigenvalue weighted by Gasteiger charge is -2.31. The van der Waals surface area contributed by atoms with Crippen LogP contribution in [0.4, 0.5) is 0 Å². The van der Waals surface area contributed by atoms with Crippen LogP contribution in [-0.2, 0) is 5.60 Å². The highest BCUT2D eigenvalue weighted by Gasteiger charge is 2.36. The van der Waals surface area contributed by atoms with E-state index in [0.717, 1.165) is 39.2 Å². The minimum Gasteiger partial charge on any atom is -0.379 e. The predicted molar refractivity (Wildman–Crippen MR) is 115 cm³/mol. The molecule has 136 valence electrons. The number of fused-ring (bicyclic) bond motifs is 1. The molecular weight excluding hydrogens is 342 g/mol. The highest BCUT2D eigenvalue weighted by molar-refractivity contribution is 5.82. The zero-order valence-corrected chi connectivity index (χ0v) is 15.5. The van der Waals surface area contributed by atoms with Crippen LogP contribution >= 0.6 is 0 Å². The molecule has 1 aliphatic rings. The van der Waals surface area contributed by atoms with Crippen LogP contribution in [-0.4, -0.2) is 10.1 Å². The molecule has 0 radical (unpaired) electrons.